The van der Waals surface area contributed by atoms with E-state index in [0.29, 0.717) is 5.56 Å². The zero-order valence-corrected chi connectivity index (χ0v) is 11.3. The Morgan fingerprint density at radius 1 is 1.35 bits per heavy atom. The predicted octanol–water partition coefficient (Wildman–Crippen LogP) is -0.298. The molecular weight excluding hydrogens is 284 g/mol. The van der Waals surface area contributed by atoms with E-state index in [4.69, 9.17) is 5.14 Å². The summed E-state index contributed by atoms with van der Waals surface area (Å²) in [6, 6.07) is 7.00. The summed E-state index contributed by atoms with van der Waals surface area (Å²) in [5, 5.41) is 13.3. The largest absolute Gasteiger partial charge is 0.479 e. The SMILES string of the molecule is NS(=O)(=O)C1CC(=O)N([C@@H](C(=O)O)c2ccccc2)C1. The van der Waals surface area contributed by atoms with Crippen molar-refractivity contribution in [2.45, 2.75) is 17.7 Å². The number of carbonyl (C=O) groups is 2. The molecule has 1 aliphatic heterocycles. The smallest absolute Gasteiger partial charge is 0.331 e. The molecule has 7 nitrogen and oxygen atoms in total. The Bertz CT molecular complexity index is 629. The van der Waals surface area contributed by atoms with Gasteiger partial charge in [0.2, 0.25) is 15.9 Å². The van der Waals surface area contributed by atoms with Gasteiger partial charge in [0.1, 0.15) is 5.25 Å². The van der Waals surface area contributed by atoms with Crippen molar-refractivity contribution < 1.29 is 23.1 Å². The predicted molar refractivity (Wildman–Crippen MR) is 70.0 cm³/mol. The van der Waals surface area contributed by atoms with Gasteiger partial charge in [-0.3, -0.25) is 4.79 Å². The average Bonchev–Trinajstić information content (AvgIpc) is 2.73. The third-order valence-corrected chi connectivity index (χ3v) is 4.49. The number of hydrogen-bond acceptors (Lipinski definition) is 4. The number of nitrogens with zero attached hydrogens (tertiary/aromatic N) is 1. The summed E-state index contributed by atoms with van der Waals surface area (Å²) in [5.41, 5.74) is 0.420. The summed E-state index contributed by atoms with van der Waals surface area (Å²) in [6.07, 6.45) is -0.282. The molecule has 0 aliphatic carbocycles. The maximum atomic E-state index is 11.9. The Kier molecular flexibility index (Phi) is 3.78. The fraction of sp³-hybridized carbons (Fsp3) is 0.333. The molecule has 1 amide bonds. The topological polar surface area (TPSA) is 118 Å². The normalized spacial score (nSPS) is 20.9. The number of aliphatic carboxylic acids is 1. The van der Waals surface area contributed by atoms with Crippen LogP contribution >= 0.6 is 0 Å². The van der Waals surface area contributed by atoms with E-state index < -0.39 is 33.2 Å². The summed E-state index contributed by atoms with van der Waals surface area (Å²) < 4.78 is 22.6. The number of primary sulfonamides is 1. The molecule has 1 unspecified atom stereocenters. The number of benzene rings is 1. The minimum absolute atomic E-state index is 0.205. The first-order valence-corrected chi connectivity index (χ1v) is 7.50. The van der Waals surface area contributed by atoms with Gasteiger partial charge in [-0.2, -0.15) is 0 Å². The van der Waals surface area contributed by atoms with Crippen molar-refractivity contribution in [3.05, 3.63) is 35.9 Å². The second-order valence-electron chi connectivity index (χ2n) is 4.61. The molecular formula is C12H14N2O5S. The Morgan fingerprint density at radius 3 is 2.40 bits per heavy atom. The van der Waals surface area contributed by atoms with Gasteiger partial charge in [0.05, 0.1) is 0 Å². The second kappa shape index (κ2) is 5.22. The molecule has 2 rings (SSSR count). The standard InChI is InChI=1S/C12H14N2O5S/c13-20(18,19)9-6-10(15)14(7-9)11(12(16)17)8-4-2-1-3-5-8/h1-5,9,11H,6-7H2,(H,16,17)(H2,13,18,19)/t9?,11-/m1/s1. The molecule has 2 atom stereocenters. The molecule has 3 N–H and O–H groups in total. The van der Waals surface area contributed by atoms with Crippen LogP contribution < -0.4 is 5.14 Å². The van der Waals surface area contributed by atoms with Crippen LogP contribution in [0.3, 0.4) is 0 Å². The van der Waals surface area contributed by atoms with Gasteiger partial charge in [0, 0.05) is 13.0 Å². The van der Waals surface area contributed by atoms with Gasteiger partial charge in [-0.05, 0) is 5.56 Å². The van der Waals surface area contributed by atoms with E-state index >= 15 is 0 Å². The fourth-order valence-corrected chi connectivity index (χ4v) is 3.00. The van der Waals surface area contributed by atoms with E-state index in [-0.39, 0.29) is 13.0 Å². The molecule has 0 bridgehead atoms. The van der Waals surface area contributed by atoms with Gasteiger partial charge in [-0.25, -0.2) is 18.4 Å². The number of likely N-dealkylation sites (tertiary alicyclic amines) is 1. The van der Waals surface area contributed by atoms with Crippen LogP contribution in [0, 0.1) is 0 Å². The van der Waals surface area contributed by atoms with E-state index in [0.717, 1.165) is 4.90 Å². The molecule has 0 spiro atoms. The van der Waals surface area contributed by atoms with Crippen LogP contribution in [0.2, 0.25) is 0 Å². The Labute approximate surface area is 116 Å². The summed E-state index contributed by atoms with van der Waals surface area (Å²) >= 11 is 0. The molecule has 0 radical (unpaired) electrons. The van der Waals surface area contributed by atoms with E-state index in [9.17, 15) is 23.1 Å². The number of nitrogens with two attached hydrogens (primary N) is 1. The van der Waals surface area contributed by atoms with Gasteiger partial charge in [0.25, 0.3) is 0 Å². The van der Waals surface area contributed by atoms with Crippen LogP contribution in [0.1, 0.15) is 18.0 Å². The van der Waals surface area contributed by atoms with Crippen molar-refractivity contribution in [3.63, 3.8) is 0 Å². The number of carbonyl (C=O) groups excluding carboxylic acids is 1. The molecule has 20 heavy (non-hydrogen) atoms. The van der Waals surface area contributed by atoms with Crippen LogP contribution in [0.5, 0.6) is 0 Å². The molecule has 0 saturated carbocycles. The van der Waals surface area contributed by atoms with E-state index in [1.54, 1.807) is 30.3 Å². The number of amides is 1. The van der Waals surface area contributed by atoms with Gasteiger partial charge < -0.3 is 10.0 Å². The zero-order chi connectivity index (χ0) is 14.9. The van der Waals surface area contributed by atoms with Crippen LogP contribution in [-0.4, -0.2) is 42.1 Å². The average molecular weight is 298 g/mol. The third-order valence-electron chi connectivity index (χ3n) is 3.25. The van der Waals surface area contributed by atoms with Gasteiger partial charge in [-0.15, -0.1) is 0 Å². The quantitative estimate of drug-likeness (QED) is 0.791. The minimum Gasteiger partial charge on any atom is -0.479 e. The summed E-state index contributed by atoms with van der Waals surface area (Å²) in [6.45, 7) is -0.205. The third kappa shape index (κ3) is 2.81. The summed E-state index contributed by atoms with van der Waals surface area (Å²) in [5.74, 6) is -1.74. The Morgan fingerprint density at radius 2 is 1.95 bits per heavy atom. The second-order valence-corrected chi connectivity index (χ2v) is 6.46. The highest BCUT2D eigenvalue weighted by Gasteiger charge is 2.42. The zero-order valence-electron chi connectivity index (χ0n) is 10.5. The molecule has 8 heteroatoms. The Balaban J connectivity index is 2.33. The minimum atomic E-state index is -3.87. The van der Waals surface area contributed by atoms with Crippen molar-refractivity contribution in [2.75, 3.05) is 6.54 Å². The lowest BCUT2D eigenvalue weighted by molar-refractivity contribution is -0.148. The number of carboxylic acid groups (broad SMARTS) is 1. The summed E-state index contributed by atoms with van der Waals surface area (Å²) in [4.78, 5) is 24.4. The molecule has 1 saturated heterocycles. The summed E-state index contributed by atoms with van der Waals surface area (Å²) in [7, 11) is -3.87. The van der Waals surface area contributed by atoms with Gasteiger partial charge >= 0.3 is 5.97 Å². The number of sulfonamides is 1. The van der Waals surface area contributed by atoms with Crippen LogP contribution in [0.4, 0.5) is 0 Å². The fourth-order valence-electron chi connectivity index (χ4n) is 2.26. The molecule has 1 aromatic carbocycles. The Hall–Kier alpha value is -1.93. The number of hydrogen-bond donors (Lipinski definition) is 2. The van der Waals surface area contributed by atoms with Crippen LogP contribution in [0.15, 0.2) is 30.3 Å². The van der Waals surface area contributed by atoms with Crippen LogP contribution in [0.25, 0.3) is 0 Å². The highest BCUT2D eigenvalue weighted by molar-refractivity contribution is 7.89. The molecule has 1 aromatic rings. The first kappa shape index (κ1) is 14.5. The maximum absolute atomic E-state index is 11.9. The van der Waals surface area contributed by atoms with Crippen molar-refractivity contribution in [1.82, 2.24) is 4.90 Å². The van der Waals surface area contributed by atoms with Crippen molar-refractivity contribution in [2.24, 2.45) is 5.14 Å². The number of carboxylic acids is 1. The molecule has 1 fully saturated rings. The first-order valence-electron chi connectivity index (χ1n) is 5.89. The monoisotopic (exact) mass is 298 g/mol. The van der Waals surface area contributed by atoms with Crippen molar-refractivity contribution >= 4 is 21.9 Å². The van der Waals surface area contributed by atoms with E-state index in [2.05, 4.69) is 0 Å². The van der Waals surface area contributed by atoms with E-state index in [1.165, 1.54) is 0 Å². The maximum Gasteiger partial charge on any atom is 0.331 e. The molecule has 108 valence electrons. The van der Waals surface area contributed by atoms with Gasteiger partial charge in [-0.1, -0.05) is 30.3 Å². The highest BCUT2D eigenvalue weighted by atomic mass is 32.2. The van der Waals surface area contributed by atoms with Crippen molar-refractivity contribution in [3.8, 4) is 0 Å². The van der Waals surface area contributed by atoms with Crippen molar-refractivity contribution in [1.29, 1.82) is 0 Å². The lowest BCUT2D eigenvalue weighted by atomic mass is 10.1. The first-order chi connectivity index (χ1) is 9.30. The van der Waals surface area contributed by atoms with E-state index in [1.807, 2.05) is 0 Å². The van der Waals surface area contributed by atoms with Crippen LogP contribution in [-0.2, 0) is 19.6 Å². The lowest BCUT2D eigenvalue weighted by Gasteiger charge is -2.24. The van der Waals surface area contributed by atoms with Gasteiger partial charge in [0.15, 0.2) is 6.04 Å². The molecule has 1 aliphatic rings. The lowest BCUT2D eigenvalue weighted by Crippen LogP contribution is -2.37. The highest BCUT2D eigenvalue weighted by Crippen LogP contribution is 2.28. The molecule has 1 heterocycles. The molecule has 0 aromatic heterocycles. The number of rotatable bonds is 4.